The fraction of sp³-hybridized carbons (Fsp3) is 0.286. The van der Waals surface area contributed by atoms with Gasteiger partial charge >= 0.3 is 0 Å². The molecule has 3 rings (SSSR count). The quantitative estimate of drug-likeness (QED) is 0.799. The van der Waals surface area contributed by atoms with Crippen molar-refractivity contribution in [1.29, 1.82) is 0 Å². The number of hydrogen-bond acceptors (Lipinski definition) is 3. The first-order valence-electron chi connectivity index (χ1n) is 6.37. The molecule has 3 nitrogen and oxygen atoms in total. The van der Waals surface area contributed by atoms with Crippen LogP contribution >= 0.6 is 27.3 Å². The Morgan fingerprint density at radius 3 is 2.65 bits per heavy atom. The highest BCUT2D eigenvalue weighted by molar-refractivity contribution is 9.10. The Kier molecular flexibility index (Phi) is 3.99. The van der Waals surface area contributed by atoms with Gasteiger partial charge in [-0.15, -0.1) is 11.3 Å². The molecule has 1 aromatic carbocycles. The lowest BCUT2D eigenvalue weighted by Gasteiger charge is -2.21. The van der Waals surface area contributed by atoms with E-state index in [0.717, 1.165) is 22.2 Å². The van der Waals surface area contributed by atoms with Gasteiger partial charge in [0.15, 0.2) is 0 Å². The van der Waals surface area contributed by atoms with Crippen molar-refractivity contribution in [3.63, 3.8) is 0 Å². The number of hydrogen-bond donors (Lipinski definition) is 0. The second-order valence-electron chi connectivity index (χ2n) is 4.82. The Bertz CT molecular complexity index is 694. The highest BCUT2D eigenvalue weighted by atomic mass is 79.9. The zero-order valence-electron chi connectivity index (χ0n) is 10.7. The first-order chi connectivity index (χ1) is 9.57. The van der Waals surface area contributed by atoms with E-state index < -0.39 is 10.0 Å². The van der Waals surface area contributed by atoms with E-state index >= 15 is 0 Å². The van der Waals surface area contributed by atoms with Gasteiger partial charge in [0, 0.05) is 21.9 Å². The van der Waals surface area contributed by atoms with Crippen LogP contribution < -0.4 is 0 Å². The maximum absolute atomic E-state index is 12.8. The second-order valence-corrected chi connectivity index (χ2v) is 8.66. The summed E-state index contributed by atoms with van der Waals surface area (Å²) in [7, 11) is -3.43. The topological polar surface area (TPSA) is 37.4 Å². The van der Waals surface area contributed by atoms with E-state index in [9.17, 15) is 8.42 Å². The van der Waals surface area contributed by atoms with Crippen molar-refractivity contribution in [2.75, 3.05) is 0 Å². The summed E-state index contributed by atoms with van der Waals surface area (Å²) in [5.74, 6) is 0. The number of halogens is 1. The number of nitrogens with zero attached hydrogens (tertiary/aromatic N) is 1. The minimum atomic E-state index is -3.43. The SMILES string of the molecule is O=S(=O)(c1cccc(Br)c1)N(Cc1cccs1)C1CC1. The van der Waals surface area contributed by atoms with Gasteiger partial charge in [0.1, 0.15) is 0 Å². The average Bonchev–Trinajstić information content (AvgIpc) is 3.12. The molecule has 1 heterocycles. The monoisotopic (exact) mass is 371 g/mol. The highest BCUT2D eigenvalue weighted by Crippen LogP contribution is 2.34. The van der Waals surface area contributed by atoms with E-state index in [1.807, 2.05) is 23.6 Å². The lowest BCUT2D eigenvalue weighted by Crippen LogP contribution is -2.32. The third-order valence-corrected chi connectivity index (χ3v) is 6.50. The van der Waals surface area contributed by atoms with Gasteiger partial charge in [0.2, 0.25) is 10.0 Å². The Morgan fingerprint density at radius 1 is 1.25 bits per heavy atom. The lowest BCUT2D eigenvalue weighted by atomic mass is 10.4. The van der Waals surface area contributed by atoms with E-state index in [1.54, 1.807) is 33.8 Å². The van der Waals surface area contributed by atoms with Crippen LogP contribution in [-0.2, 0) is 16.6 Å². The van der Waals surface area contributed by atoms with Crippen LogP contribution in [0.5, 0.6) is 0 Å². The van der Waals surface area contributed by atoms with Crippen molar-refractivity contribution in [2.24, 2.45) is 0 Å². The number of thiophene rings is 1. The zero-order valence-corrected chi connectivity index (χ0v) is 13.9. The summed E-state index contributed by atoms with van der Waals surface area (Å²) >= 11 is 4.93. The largest absolute Gasteiger partial charge is 0.243 e. The average molecular weight is 372 g/mol. The van der Waals surface area contributed by atoms with Crippen LogP contribution in [0.2, 0.25) is 0 Å². The third-order valence-electron chi connectivity index (χ3n) is 3.25. The van der Waals surface area contributed by atoms with Crippen molar-refractivity contribution in [1.82, 2.24) is 4.31 Å². The molecule has 1 aliphatic rings. The summed E-state index contributed by atoms with van der Waals surface area (Å²) in [6.45, 7) is 0.469. The molecule has 0 radical (unpaired) electrons. The second kappa shape index (κ2) is 5.60. The molecule has 1 saturated carbocycles. The van der Waals surface area contributed by atoms with Crippen LogP contribution in [0.1, 0.15) is 17.7 Å². The fourth-order valence-electron chi connectivity index (χ4n) is 2.09. The molecule has 0 aliphatic heterocycles. The van der Waals surface area contributed by atoms with Crippen LogP contribution in [0.3, 0.4) is 0 Å². The molecule has 0 spiro atoms. The molecule has 20 heavy (non-hydrogen) atoms. The van der Waals surface area contributed by atoms with E-state index in [4.69, 9.17) is 0 Å². The molecule has 1 fully saturated rings. The van der Waals surface area contributed by atoms with Gasteiger partial charge < -0.3 is 0 Å². The number of rotatable bonds is 5. The summed E-state index contributed by atoms with van der Waals surface area (Å²) in [6, 6.07) is 11.0. The standard InChI is InChI=1S/C14H14BrNO2S2/c15-11-3-1-5-14(9-11)20(17,18)16(12-6-7-12)10-13-4-2-8-19-13/h1-5,8-9,12H,6-7,10H2. The van der Waals surface area contributed by atoms with Gasteiger partial charge in [0.05, 0.1) is 4.90 Å². The van der Waals surface area contributed by atoms with E-state index in [1.165, 1.54) is 0 Å². The number of sulfonamides is 1. The Balaban J connectivity index is 1.94. The molecule has 6 heteroatoms. The fourth-order valence-corrected chi connectivity index (χ4v) is 5.14. The molecule has 0 bridgehead atoms. The summed E-state index contributed by atoms with van der Waals surface area (Å²) in [5.41, 5.74) is 0. The zero-order chi connectivity index (χ0) is 14.2. The van der Waals surface area contributed by atoms with Gasteiger partial charge in [-0.2, -0.15) is 4.31 Å². The molecule has 0 N–H and O–H groups in total. The van der Waals surface area contributed by atoms with Crippen molar-refractivity contribution < 1.29 is 8.42 Å². The number of benzene rings is 1. The van der Waals surface area contributed by atoms with Gasteiger partial charge in [-0.25, -0.2) is 8.42 Å². The van der Waals surface area contributed by atoms with Gasteiger partial charge in [-0.1, -0.05) is 28.1 Å². The molecular formula is C14H14BrNO2S2. The smallest absolute Gasteiger partial charge is 0.207 e. The molecular weight excluding hydrogens is 358 g/mol. The van der Waals surface area contributed by atoms with Crippen molar-refractivity contribution in [3.8, 4) is 0 Å². The van der Waals surface area contributed by atoms with Gasteiger partial charge in [-0.05, 0) is 42.5 Å². The highest BCUT2D eigenvalue weighted by Gasteiger charge is 2.38. The van der Waals surface area contributed by atoms with Crippen molar-refractivity contribution >= 4 is 37.3 Å². The van der Waals surface area contributed by atoms with Crippen molar-refractivity contribution in [3.05, 3.63) is 51.1 Å². The molecule has 2 aromatic rings. The Morgan fingerprint density at radius 2 is 2.05 bits per heavy atom. The molecule has 0 amide bonds. The minimum Gasteiger partial charge on any atom is -0.207 e. The van der Waals surface area contributed by atoms with Crippen LogP contribution in [0.25, 0.3) is 0 Å². The first kappa shape index (κ1) is 14.3. The summed E-state index contributed by atoms with van der Waals surface area (Å²) in [6.07, 6.45) is 1.91. The van der Waals surface area contributed by atoms with Crippen LogP contribution in [0.15, 0.2) is 51.1 Å². The normalized spacial score (nSPS) is 15.7. The van der Waals surface area contributed by atoms with E-state index in [2.05, 4.69) is 15.9 Å². The lowest BCUT2D eigenvalue weighted by molar-refractivity contribution is 0.401. The van der Waals surface area contributed by atoms with Crippen LogP contribution in [0, 0.1) is 0 Å². The van der Waals surface area contributed by atoms with E-state index in [0.29, 0.717) is 11.4 Å². The summed E-state index contributed by atoms with van der Waals surface area (Å²) in [4.78, 5) is 1.44. The Labute approximate surface area is 131 Å². The third kappa shape index (κ3) is 2.98. The van der Waals surface area contributed by atoms with Crippen LogP contribution in [-0.4, -0.2) is 18.8 Å². The molecule has 0 saturated heterocycles. The first-order valence-corrected chi connectivity index (χ1v) is 9.48. The molecule has 106 valence electrons. The minimum absolute atomic E-state index is 0.154. The molecule has 0 unspecified atom stereocenters. The van der Waals surface area contributed by atoms with E-state index in [-0.39, 0.29) is 6.04 Å². The predicted octanol–water partition coefficient (Wildman–Crippen LogP) is 3.86. The maximum Gasteiger partial charge on any atom is 0.243 e. The molecule has 1 aliphatic carbocycles. The predicted molar refractivity (Wildman–Crippen MR) is 84.2 cm³/mol. The molecule has 1 aromatic heterocycles. The molecule has 0 atom stereocenters. The summed E-state index contributed by atoms with van der Waals surface area (Å²) < 4.78 is 28.0. The Hall–Kier alpha value is -0.690. The van der Waals surface area contributed by atoms with Gasteiger partial charge in [-0.3, -0.25) is 0 Å². The van der Waals surface area contributed by atoms with Crippen molar-refractivity contribution in [2.45, 2.75) is 30.3 Å². The van der Waals surface area contributed by atoms with Gasteiger partial charge in [0.25, 0.3) is 0 Å². The summed E-state index contributed by atoms with van der Waals surface area (Å²) in [5, 5.41) is 1.98. The van der Waals surface area contributed by atoms with Crippen LogP contribution in [0.4, 0.5) is 0 Å². The maximum atomic E-state index is 12.8.